The van der Waals surface area contributed by atoms with Gasteiger partial charge >= 0.3 is 0 Å². The first-order valence-electron chi connectivity index (χ1n) is 8.69. The Kier molecular flexibility index (Phi) is 5.49. The van der Waals surface area contributed by atoms with Gasteiger partial charge in [-0.05, 0) is 43.3 Å². The van der Waals surface area contributed by atoms with E-state index in [2.05, 4.69) is 30.7 Å². The molecule has 0 saturated carbocycles. The molecule has 0 aliphatic carbocycles. The third kappa shape index (κ3) is 4.18. The second-order valence-corrected chi connectivity index (χ2v) is 6.50. The van der Waals surface area contributed by atoms with E-state index in [1.165, 1.54) is 10.5 Å². The molecule has 0 aliphatic heterocycles. The molecule has 1 N–H and O–H groups in total. The molecule has 3 rings (SSSR count). The second kappa shape index (κ2) is 7.97. The summed E-state index contributed by atoms with van der Waals surface area (Å²) in [5.41, 5.74) is 3.58. The summed E-state index contributed by atoms with van der Waals surface area (Å²) in [5.74, 6) is 0.839. The molecule has 2 aromatic heterocycles. The van der Waals surface area contributed by atoms with Crippen molar-refractivity contribution in [3.63, 3.8) is 0 Å². The Bertz CT molecular complexity index is 961. The van der Waals surface area contributed by atoms with E-state index in [0.29, 0.717) is 18.8 Å². The van der Waals surface area contributed by atoms with Gasteiger partial charge in [0.25, 0.3) is 5.56 Å². The van der Waals surface area contributed by atoms with Crippen molar-refractivity contribution in [3.8, 4) is 5.75 Å². The van der Waals surface area contributed by atoms with Gasteiger partial charge < -0.3 is 9.64 Å². The maximum atomic E-state index is 12.4. The molecule has 0 aliphatic rings. The Balaban J connectivity index is 1.70. The molecule has 0 radical (unpaired) electrons. The molecule has 5 heteroatoms. The van der Waals surface area contributed by atoms with Crippen LogP contribution in [0.2, 0.25) is 0 Å². The highest BCUT2D eigenvalue weighted by Gasteiger charge is 2.10. The monoisotopic (exact) mass is 350 g/mol. The van der Waals surface area contributed by atoms with Crippen LogP contribution in [-0.4, -0.2) is 23.0 Å². The van der Waals surface area contributed by atoms with Gasteiger partial charge in [0.1, 0.15) is 36.8 Å². The first-order chi connectivity index (χ1) is 12.6. The van der Waals surface area contributed by atoms with Crippen LogP contribution >= 0.6 is 0 Å². The minimum atomic E-state index is -0.0281. The van der Waals surface area contributed by atoms with E-state index in [-0.39, 0.29) is 5.56 Å². The fourth-order valence-electron chi connectivity index (χ4n) is 3.03. The van der Waals surface area contributed by atoms with Crippen molar-refractivity contribution in [2.45, 2.75) is 20.0 Å². The Hall–Kier alpha value is -2.92. The van der Waals surface area contributed by atoms with Gasteiger partial charge in [0, 0.05) is 17.3 Å². The lowest BCUT2D eigenvalue weighted by molar-refractivity contribution is -0.908. The number of fused-ring (bicyclic) bond motifs is 1. The maximum Gasteiger partial charge on any atom is 0.258 e. The molecule has 0 fully saturated rings. The topological polar surface area (TPSA) is 48.0 Å². The number of aromatic nitrogens is 2. The molecule has 0 spiro atoms. The maximum absolute atomic E-state index is 12.4. The first kappa shape index (κ1) is 17.9. The van der Waals surface area contributed by atoms with Crippen LogP contribution < -0.4 is 15.2 Å². The molecular weight excluding hydrogens is 326 g/mol. The Labute approximate surface area is 153 Å². The van der Waals surface area contributed by atoms with Crippen LogP contribution in [0.15, 0.2) is 66.0 Å². The lowest BCUT2D eigenvalue weighted by Crippen LogP contribution is -3.06. The summed E-state index contributed by atoms with van der Waals surface area (Å²) in [5, 5.41) is 0. The van der Waals surface area contributed by atoms with Gasteiger partial charge in [0.05, 0.1) is 7.05 Å². The summed E-state index contributed by atoms with van der Waals surface area (Å²) in [6, 6.07) is 15.4. The number of rotatable bonds is 7. The highest BCUT2D eigenvalue weighted by Crippen LogP contribution is 2.11. The van der Waals surface area contributed by atoms with E-state index in [0.717, 1.165) is 23.7 Å². The zero-order valence-electron chi connectivity index (χ0n) is 15.2. The van der Waals surface area contributed by atoms with E-state index in [1.54, 1.807) is 16.5 Å². The molecule has 0 amide bonds. The number of nitrogens with zero attached hydrogens (tertiary/aromatic N) is 2. The van der Waals surface area contributed by atoms with E-state index < -0.39 is 0 Å². The van der Waals surface area contributed by atoms with Gasteiger partial charge in [-0.3, -0.25) is 9.20 Å². The first-order valence-corrected chi connectivity index (χ1v) is 8.69. The number of quaternary nitrogens is 1. The van der Waals surface area contributed by atoms with Crippen LogP contribution in [0.3, 0.4) is 0 Å². The van der Waals surface area contributed by atoms with Crippen LogP contribution in [-0.2, 0) is 13.1 Å². The number of nitrogens with one attached hydrogen (secondary N) is 1. The molecule has 1 atom stereocenters. The highest BCUT2D eigenvalue weighted by atomic mass is 16.5. The molecule has 26 heavy (non-hydrogen) atoms. The highest BCUT2D eigenvalue weighted by molar-refractivity contribution is 5.40. The number of aryl methyl sites for hydroxylation is 1. The van der Waals surface area contributed by atoms with Crippen LogP contribution in [0.4, 0.5) is 0 Å². The van der Waals surface area contributed by atoms with Gasteiger partial charge in [-0.15, -0.1) is 0 Å². The van der Waals surface area contributed by atoms with Crippen molar-refractivity contribution < 1.29 is 9.64 Å². The van der Waals surface area contributed by atoms with Gasteiger partial charge in [0.15, 0.2) is 0 Å². The van der Waals surface area contributed by atoms with Gasteiger partial charge in [-0.1, -0.05) is 18.7 Å². The SMILES string of the molecule is C=CCOc1ccc(C[NH+](C)Cc2cc(=O)n3c(C)cccc3n2)cc1. The average Bonchev–Trinajstić information content (AvgIpc) is 2.61. The quantitative estimate of drug-likeness (QED) is 0.661. The van der Waals surface area contributed by atoms with Crippen molar-refractivity contribution >= 4 is 5.65 Å². The average molecular weight is 350 g/mol. The predicted molar refractivity (Wildman–Crippen MR) is 103 cm³/mol. The largest absolute Gasteiger partial charge is 0.490 e. The minimum absolute atomic E-state index is 0.0281. The Morgan fingerprint density at radius 3 is 2.69 bits per heavy atom. The van der Waals surface area contributed by atoms with Crippen molar-refractivity contribution in [2.24, 2.45) is 0 Å². The minimum Gasteiger partial charge on any atom is -0.490 e. The van der Waals surface area contributed by atoms with E-state index >= 15 is 0 Å². The molecule has 0 saturated heterocycles. The fourth-order valence-corrected chi connectivity index (χ4v) is 3.03. The fraction of sp³-hybridized carbons (Fsp3) is 0.238. The van der Waals surface area contributed by atoms with E-state index in [1.807, 2.05) is 37.3 Å². The summed E-state index contributed by atoms with van der Waals surface area (Å²) in [4.78, 5) is 18.3. The molecule has 1 aromatic carbocycles. The lowest BCUT2D eigenvalue weighted by atomic mass is 10.2. The van der Waals surface area contributed by atoms with Gasteiger partial charge in [0.2, 0.25) is 0 Å². The molecule has 5 nitrogen and oxygen atoms in total. The molecule has 2 heterocycles. The molecule has 134 valence electrons. The summed E-state index contributed by atoms with van der Waals surface area (Å²) in [6.45, 7) is 7.60. The number of pyridine rings is 1. The third-order valence-electron chi connectivity index (χ3n) is 4.21. The molecule has 1 unspecified atom stereocenters. The van der Waals surface area contributed by atoms with Crippen LogP contribution in [0.25, 0.3) is 5.65 Å². The van der Waals surface area contributed by atoms with E-state index in [4.69, 9.17) is 4.74 Å². The van der Waals surface area contributed by atoms with Crippen LogP contribution in [0, 0.1) is 6.92 Å². The summed E-state index contributed by atoms with van der Waals surface area (Å²) in [7, 11) is 2.10. The normalized spacial score (nSPS) is 12.1. The van der Waals surface area contributed by atoms with Crippen molar-refractivity contribution in [1.82, 2.24) is 9.38 Å². The third-order valence-corrected chi connectivity index (χ3v) is 4.21. The Morgan fingerprint density at radius 2 is 1.96 bits per heavy atom. The van der Waals surface area contributed by atoms with Crippen LogP contribution in [0.1, 0.15) is 17.0 Å². The second-order valence-electron chi connectivity index (χ2n) is 6.50. The predicted octanol–water partition coefficient (Wildman–Crippen LogP) is 1.78. The number of hydrogen-bond acceptors (Lipinski definition) is 3. The van der Waals surface area contributed by atoms with Crippen molar-refractivity contribution in [2.75, 3.05) is 13.7 Å². The van der Waals surface area contributed by atoms with Crippen LogP contribution in [0.5, 0.6) is 5.75 Å². The standard InChI is InChI=1S/C21H23N3O2/c1-4-12-26-19-10-8-17(9-11-19)14-23(3)15-18-13-21(25)24-16(2)6-5-7-20(24)22-18/h4-11,13H,1,12,14-15H2,2-3H3/p+1. The lowest BCUT2D eigenvalue weighted by Gasteiger charge is -2.14. The van der Waals surface area contributed by atoms with Gasteiger partial charge in [-0.25, -0.2) is 4.98 Å². The summed E-state index contributed by atoms with van der Waals surface area (Å²) < 4.78 is 7.14. The smallest absolute Gasteiger partial charge is 0.258 e. The number of benzene rings is 1. The Morgan fingerprint density at radius 1 is 1.19 bits per heavy atom. The van der Waals surface area contributed by atoms with Crippen molar-refractivity contribution in [1.29, 1.82) is 0 Å². The zero-order valence-corrected chi connectivity index (χ0v) is 15.2. The van der Waals surface area contributed by atoms with Gasteiger partial charge in [-0.2, -0.15) is 0 Å². The molecule has 0 bridgehead atoms. The van der Waals surface area contributed by atoms with Crippen molar-refractivity contribution in [3.05, 3.63) is 88.5 Å². The zero-order chi connectivity index (χ0) is 18.5. The van der Waals surface area contributed by atoms with E-state index in [9.17, 15) is 4.79 Å². The molecular formula is C21H24N3O2+. The molecule has 3 aromatic rings. The number of ether oxygens (including phenoxy) is 1. The summed E-state index contributed by atoms with van der Waals surface area (Å²) in [6.07, 6.45) is 1.73. The summed E-state index contributed by atoms with van der Waals surface area (Å²) >= 11 is 0. The number of hydrogen-bond donors (Lipinski definition) is 1.